The number of carbonyl (C=O) groups excluding carboxylic acids is 3. The summed E-state index contributed by atoms with van der Waals surface area (Å²) < 4.78 is 0. The molecule has 0 bridgehead atoms. The zero-order valence-electron chi connectivity index (χ0n) is 14.3. The van der Waals surface area contributed by atoms with Crippen LogP contribution in [0.2, 0.25) is 0 Å². The number of benzene rings is 1. The predicted molar refractivity (Wildman–Crippen MR) is 91.7 cm³/mol. The van der Waals surface area contributed by atoms with Gasteiger partial charge in [0.15, 0.2) is 0 Å². The van der Waals surface area contributed by atoms with Crippen LogP contribution in [0.1, 0.15) is 37.3 Å². The van der Waals surface area contributed by atoms with E-state index in [2.05, 4.69) is 10.6 Å². The first kappa shape index (κ1) is 16.5. The molecule has 0 unspecified atom stereocenters. The van der Waals surface area contributed by atoms with Gasteiger partial charge in [-0.2, -0.15) is 0 Å². The summed E-state index contributed by atoms with van der Waals surface area (Å²) in [7, 11) is 0. The molecule has 2 N–H and O–H groups in total. The number of nitrogens with one attached hydrogen (secondary N) is 2. The van der Waals surface area contributed by atoms with Crippen molar-refractivity contribution in [2.24, 2.45) is 5.92 Å². The molecule has 2 fully saturated rings. The Bertz CT molecular complexity index is 710. The number of aryl methyl sites for hydroxylation is 1. The van der Waals surface area contributed by atoms with Crippen molar-refractivity contribution < 1.29 is 14.4 Å². The molecule has 3 rings (SSSR count). The van der Waals surface area contributed by atoms with Crippen LogP contribution in [0.25, 0.3) is 0 Å². The molecule has 0 aromatic heterocycles. The Kier molecular flexibility index (Phi) is 4.30. The van der Waals surface area contributed by atoms with E-state index in [1.807, 2.05) is 30.9 Å². The molecule has 1 saturated heterocycles. The highest BCUT2D eigenvalue weighted by molar-refractivity contribution is 5.99. The standard InChI is InChI=1S/C18H23N3O3/c1-10-4-7-15(11(2)17(10)19-12(3)22)20-18(24)13-8-16(23)21(9-13)14-5-6-14/h4,7,13-14H,5-6,8-9H2,1-3H3,(H,19,22)(H,20,24)/t13-/m1/s1. The maximum absolute atomic E-state index is 12.5. The zero-order chi connectivity index (χ0) is 17.4. The number of nitrogens with zero attached hydrogens (tertiary/aromatic N) is 1. The highest BCUT2D eigenvalue weighted by atomic mass is 16.2. The summed E-state index contributed by atoms with van der Waals surface area (Å²) >= 11 is 0. The van der Waals surface area contributed by atoms with Gasteiger partial charge in [0.05, 0.1) is 5.92 Å². The van der Waals surface area contributed by atoms with E-state index < -0.39 is 0 Å². The van der Waals surface area contributed by atoms with Crippen molar-refractivity contribution in [3.63, 3.8) is 0 Å². The quantitative estimate of drug-likeness (QED) is 0.889. The van der Waals surface area contributed by atoms with Gasteiger partial charge in [0, 0.05) is 37.3 Å². The minimum atomic E-state index is -0.303. The molecule has 3 amide bonds. The lowest BCUT2D eigenvalue weighted by Gasteiger charge is -2.18. The van der Waals surface area contributed by atoms with Crippen molar-refractivity contribution in [1.29, 1.82) is 0 Å². The molecule has 1 aliphatic carbocycles. The third-order valence-electron chi connectivity index (χ3n) is 4.75. The smallest absolute Gasteiger partial charge is 0.229 e. The van der Waals surface area contributed by atoms with Gasteiger partial charge >= 0.3 is 0 Å². The average molecular weight is 329 g/mol. The molecule has 0 radical (unpaired) electrons. The monoisotopic (exact) mass is 329 g/mol. The Labute approximate surface area is 141 Å². The molecule has 1 atom stereocenters. The summed E-state index contributed by atoms with van der Waals surface area (Å²) in [6.45, 7) is 5.75. The van der Waals surface area contributed by atoms with Gasteiger partial charge in [0.1, 0.15) is 0 Å². The largest absolute Gasteiger partial charge is 0.339 e. The van der Waals surface area contributed by atoms with Crippen molar-refractivity contribution in [3.05, 3.63) is 23.3 Å². The van der Waals surface area contributed by atoms with Crippen LogP contribution in [0.4, 0.5) is 11.4 Å². The number of rotatable bonds is 4. The Morgan fingerprint density at radius 1 is 1.17 bits per heavy atom. The molecular formula is C18H23N3O3. The van der Waals surface area contributed by atoms with Crippen molar-refractivity contribution in [1.82, 2.24) is 4.90 Å². The summed E-state index contributed by atoms with van der Waals surface area (Å²) in [6.07, 6.45) is 2.39. The second kappa shape index (κ2) is 6.26. The van der Waals surface area contributed by atoms with E-state index in [0.717, 1.165) is 29.7 Å². The number of amides is 3. The Morgan fingerprint density at radius 3 is 2.50 bits per heavy atom. The number of hydrogen-bond donors (Lipinski definition) is 2. The second-order valence-electron chi connectivity index (χ2n) is 6.78. The molecule has 1 heterocycles. The minimum absolute atomic E-state index is 0.0808. The van der Waals surface area contributed by atoms with Gasteiger partial charge in [-0.3, -0.25) is 14.4 Å². The van der Waals surface area contributed by atoms with Crippen molar-refractivity contribution in [2.75, 3.05) is 17.2 Å². The number of hydrogen-bond acceptors (Lipinski definition) is 3. The topological polar surface area (TPSA) is 78.5 Å². The summed E-state index contributed by atoms with van der Waals surface area (Å²) in [5.74, 6) is -0.501. The maximum atomic E-state index is 12.5. The van der Waals surface area contributed by atoms with Crippen LogP contribution in [-0.4, -0.2) is 35.2 Å². The molecule has 1 aliphatic heterocycles. The van der Waals surface area contributed by atoms with Crippen molar-refractivity contribution in [2.45, 2.75) is 46.1 Å². The summed E-state index contributed by atoms with van der Waals surface area (Å²) in [4.78, 5) is 37.8. The van der Waals surface area contributed by atoms with E-state index in [4.69, 9.17) is 0 Å². The van der Waals surface area contributed by atoms with Crippen molar-refractivity contribution in [3.8, 4) is 0 Å². The molecule has 1 aromatic carbocycles. The Hall–Kier alpha value is -2.37. The molecular weight excluding hydrogens is 306 g/mol. The molecule has 1 saturated carbocycles. The first-order valence-corrected chi connectivity index (χ1v) is 8.35. The van der Waals surface area contributed by atoms with E-state index in [9.17, 15) is 14.4 Å². The fourth-order valence-corrected chi connectivity index (χ4v) is 3.23. The van der Waals surface area contributed by atoms with Gasteiger partial charge in [0.2, 0.25) is 17.7 Å². The van der Waals surface area contributed by atoms with E-state index in [1.54, 1.807) is 0 Å². The zero-order valence-corrected chi connectivity index (χ0v) is 14.3. The van der Waals surface area contributed by atoms with Crippen LogP contribution in [0.5, 0.6) is 0 Å². The SMILES string of the molecule is CC(=O)Nc1c(C)ccc(NC(=O)[C@@H]2CC(=O)N(C3CC3)C2)c1C. The molecule has 6 nitrogen and oxygen atoms in total. The summed E-state index contributed by atoms with van der Waals surface area (Å²) in [6, 6.07) is 4.05. The second-order valence-corrected chi connectivity index (χ2v) is 6.78. The van der Waals surface area contributed by atoms with E-state index in [-0.39, 0.29) is 30.1 Å². The van der Waals surface area contributed by atoms with Crippen LogP contribution in [0.15, 0.2) is 12.1 Å². The lowest BCUT2D eigenvalue weighted by molar-refractivity contribution is -0.128. The van der Waals surface area contributed by atoms with Crippen LogP contribution in [0.3, 0.4) is 0 Å². The van der Waals surface area contributed by atoms with E-state index >= 15 is 0 Å². The van der Waals surface area contributed by atoms with Gasteiger partial charge in [-0.15, -0.1) is 0 Å². The molecule has 128 valence electrons. The van der Waals surface area contributed by atoms with Crippen LogP contribution in [-0.2, 0) is 14.4 Å². The molecule has 24 heavy (non-hydrogen) atoms. The van der Waals surface area contributed by atoms with Gasteiger partial charge in [-0.05, 0) is 43.9 Å². The van der Waals surface area contributed by atoms with Crippen LogP contribution in [0, 0.1) is 19.8 Å². The van der Waals surface area contributed by atoms with E-state index in [0.29, 0.717) is 18.3 Å². The molecule has 0 spiro atoms. The van der Waals surface area contributed by atoms with Gasteiger partial charge in [0.25, 0.3) is 0 Å². The fourth-order valence-electron chi connectivity index (χ4n) is 3.23. The first-order valence-electron chi connectivity index (χ1n) is 8.35. The van der Waals surface area contributed by atoms with Crippen LogP contribution >= 0.6 is 0 Å². The van der Waals surface area contributed by atoms with Crippen molar-refractivity contribution >= 4 is 29.1 Å². The number of carbonyl (C=O) groups is 3. The Morgan fingerprint density at radius 2 is 1.88 bits per heavy atom. The lowest BCUT2D eigenvalue weighted by atomic mass is 10.0. The van der Waals surface area contributed by atoms with Crippen LogP contribution < -0.4 is 10.6 Å². The molecule has 1 aromatic rings. The number of likely N-dealkylation sites (tertiary alicyclic amines) is 1. The van der Waals surface area contributed by atoms with E-state index in [1.165, 1.54) is 6.92 Å². The normalized spacial score (nSPS) is 20.2. The van der Waals surface area contributed by atoms with Gasteiger partial charge in [-0.1, -0.05) is 6.07 Å². The van der Waals surface area contributed by atoms with Gasteiger partial charge in [-0.25, -0.2) is 0 Å². The summed E-state index contributed by atoms with van der Waals surface area (Å²) in [5.41, 5.74) is 3.16. The number of anilines is 2. The highest BCUT2D eigenvalue weighted by Gasteiger charge is 2.41. The summed E-state index contributed by atoms with van der Waals surface area (Å²) in [5, 5.41) is 5.73. The minimum Gasteiger partial charge on any atom is -0.339 e. The Balaban J connectivity index is 1.72. The van der Waals surface area contributed by atoms with Gasteiger partial charge < -0.3 is 15.5 Å². The highest BCUT2D eigenvalue weighted by Crippen LogP contribution is 2.33. The molecule has 2 aliphatic rings. The third kappa shape index (κ3) is 3.27. The average Bonchev–Trinajstić information content (AvgIpc) is 3.28. The first-order chi connectivity index (χ1) is 11.4. The lowest BCUT2D eigenvalue weighted by Crippen LogP contribution is -2.30. The third-order valence-corrected chi connectivity index (χ3v) is 4.75. The molecule has 6 heteroatoms. The fraction of sp³-hybridized carbons (Fsp3) is 0.500. The maximum Gasteiger partial charge on any atom is 0.229 e. The predicted octanol–water partition coefficient (Wildman–Crippen LogP) is 2.21.